The van der Waals surface area contributed by atoms with E-state index in [2.05, 4.69) is 5.32 Å². The number of ether oxygens (including phenoxy) is 1. The van der Waals surface area contributed by atoms with Crippen LogP contribution in [-0.4, -0.2) is 18.1 Å². The summed E-state index contributed by atoms with van der Waals surface area (Å²) in [6, 6.07) is 10.6. The molecule has 2 rings (SSSR count). The molecule has 0 unspecified atom stereocenters. The van der Waals surface area contributed by atoms with Crippen LogP contribution >= 0.6 is 0 Å². The van der Waals surface area contributed by atoms with Crippen LogP contribution in [0.15, 0.2) is 36.4 Å². The molecule has 20 heavy (non-hydrogen) atoms. The third kappa shape index (κ3) is 2.74. The van der Waals surface area contributed by atoms with Gasteiger partial charge in [0.25, 0.3) is 5.91 Å². The molecule has 4 nitrogen and oxygen atoms in total. The van der Waals surface area contributed by atoms with Crippen LogP contribution in [0.4, 0.5) is 5.69 Å². The molecular weight excluding hydrogens is 254 g/mol. The first-order valence-corrected chi connectivity index (χ1v) is 6.27. The van der Waals surface area contributed by atoms with Gasteiger partial charge in [-0.15, -0.1) is 0 Å². The molecule has 104 valence electrons. The molecule has 1 amide bonds. The van der Waals surface area contributed by atoms with Gasteiger partial charge in [-0.1, -0.05) is 23.8 Å². The molecule has 0 saturated heterocycles. The first kappa shape index (κ1) is 13.9. The number of carbonyl (C=O) groups excluding carboxylic acids is 1. The van der Waals surface area contributed by atoms with E-state index in [1.54, 1.807) is 18.2 Å². The summed E-state index contributed by atoms with van der Waals surface area (Å²) in [6.07, 6.45) is 0. The van der Waals surface area contributed by atoms with Gasteiger partial charge in [-0.05, 0) is 37.6 Å². The SMILES string of the molecule is COc1cccc(C(=O)Nc2ccc(C)cc2C)c1O. The summed E-state index contributed by atoms with van der Waals surface area (Å²) in [7, 11) is 1.45. The molecule has 0 radical (unpaired) electrons. The Labute approximate surface area is 118 Å². The second kappa shape index (κ2) is 5.65. The van der Waals surface area contributed by atoms with Crippen LogP contribution < -0.4 is 10.1 Å². The highest BCUT2D eigenvalue weighted by molar-refractivity contribution is 6.07. The summed E-state index contributed by atoms with van der Waals surface area (Å²) in [5, 5.41) is 12.8. The Morgan fingerprint density at radius 2 is 1.95 bits per heavy atom. The van der Waals surface area contributed by atoms with Gasteiger partial charge >= 0.3 is 0 Å². The van der Waals surface area contributed by atoms with Crippen LogP contribution in [0.5, 0.6) is 11.5 Å². The van der Waals surface area contributed by atoms with Crippen LogP contribution in [0, 0.1) is 13.8 Å². The van der Waals surface area contributed by atoms with Crippen molar-refractivity contribution in [3.8, 4) is 11.5 Å². The van der Waals surface area contributed by atoms with E-state index in [9.17, 15) is 9.90 Å². The van der Waals surface area contributed by atoms with Crippen LogP contribution in [0.2, 0.25) is 0 Å². The van der Waals surface area contributed by atoms with Crippen LogP contribution in [-0.2, 0) is 0 Å². The average molecular weight is 271 g/mol. The lowest BCUT2D eigenvalue weighted by Crippen LogP contribution is -2.13. The molecule has 0 bridgehead atoms. The van der Waals surface area contributed by atoms with Crippen molar-refractivity contribution in [2.45, 2.75) is 13.8 Å². The number of methoxy groups -OCH3 is 1. The monoisotopic (exact) mass is 271 g/mol. The minimum Gasteiger partial charge on any atom is -0.504 e. The third-order valence-electron chi connectivity index (χ3n) is 3.09. The number of carbonyl (C=O) groups is 1. The zero-order valence-electron chi connectivity index (χ0n) is 11.7. The van der Waals surface area contributed by atoms with E-state index in [1.807, 2.05) is 32.0 Å². The number of anilines is 1. The highest BCUT2D eigenvalue weighted by Gasteiger charge is 2.15. The second-order valence-corrected chi connectivity index (χ2v) is 4.63. The van der Waals surface area contributed by atoms with Gasteiger partial charge in [-0.3, -0.25) is 4.79 Å². The lowest BCUT2D eigenvalue weighted by Gasteiger charge is -2.11. The largest absolute Gasteiger partial charge is 0.504 e. The fourth-order valence-corrected chi connectivity index (χ4v) is 2.01. The molecule has 2 aromatic carbocycles. The van der Waals surface area contributed by atoms with E-state index in [4.69, 9.17) is 4.74 Å². The number of rotatable bonds is 3. The molecule has 4 heteroatoms. The Kier molecular flexibility index (Phi) is 3.94. The molecule has 0 aliphatic heterocycles. The van der Waals surface area contributed by atoms with Gasteiger partial charge in [0, 0.05) is 5.69 Å². The molecule has 0 aromatic heterocycles. The highest BCUT2D eigenvalue weighted by atomic mass is 16.5. The predicted octanol–water partition coefficient (Wildman–Crippen LogP) is 3.27. The molecule has 0 aliphatic carbocycles. The zero-order chi connectivity index (χ0) is 14.7. The number of nitrogens with one attached hydrogen (secondary N) is 1. The zero-order valence-corrected chi connectivity index (χ0v) is 11.7. The van der Waals surface area contributed by atoms with Crippen molar-refractivity contribution in [2.75, 3.05) is 12.4 Å². The summed E-state index contributed by atoms with van der Waals surface area (Å²) >= 11 is 0. The van der Waals surface area contributed by atoms with E-state index in [1.165, 1.54) is 7.11 Å². The minimum absolute atomic E-state index is 0.155. The molecule has 0 spiro atoms. The number of benzene rings is 2. The topological polar surface area (TPSA) is 58.6 Å². The Hall–Kier alpha value is -2.49. The van der Waals surface area contributed by atoms with Gasteiger partial charge in [-0.25, -0.2) is 0 Å². The first-order valence-electron chi connectivity index (χ1n) is 6.27. The van der Waals surface area contributed by atoms with Crippen LogP contribution in [0.1, 0.15) is 21.5 Å². The summed E-state index contributed by atoms with van der Waals surface area (Å²) in [4.78, 5) is 12.2. The number of para-hydroxylation sites is 1. The maximum absolute atomic E-state index is 12.2. The normalized spacial score (nSPS) is 10.2. The van der Waals surface area contributed by atoms with Gasteiger partial charge in [0.1, 0.15) is 0 Å². The van der Waals surface area contributed by atoms with E-state index in [0.717, 1.165) is 16.8 Å². The number of phenolic OH excluding ortho intramolecular Hbond substituents is 1. The molecule has 2 N–H and O–H groups in total. The number of aryl methyl sites for hydroxylation is 2. The van der Waals surface area contributed by atoms with Gasteiger partial charge in [0.15, 0.2) is 11.5 Å². The molecule has 0 fully saturated rings. The number of hydrogen-bond acceptors (Lipinski definition) is 3. The van der Waals surface area contributed by atoms with Gasteiger partial charge in [0.2, 0.25) is 0 Å². The summed E-state index contributed by atoms with van der Waals surface area (Å²) in [5.74, 6) is -0.246. The molecule has 0 aliphatic rings. The number of aromatic hydroxyl groups is 1. The standard InChI is InChI=1S/C16H17NO3/c1-10-7-8-13(11(2)9-10)17-16(19)12-5-4-6-14(20-3)15(12)18/h4-9,18H,1-3H3,(H,17,19). The van der Waals surface area contributed by atoms with Crippen molar-refractivity contribution >= 4 is 11.6 Å². The van der Waals surface area contributed by atoms with E-state index >= 15 is 0 Å². The van der Waals surface area contributed by atoms with Crippen molar-refractivity contribution in [1.29, 1.82) is 0 Å². The van der Waals surface area contributed by atoms with Crippen LogP contribution in [0.25, 0.3) is 0 Å². The number of hydrogen-bond donors (Lipinski definition) is 2. The van der Waals surface area contributed by atoms with Crippen molar-refractivity contribution in [3.63, 3.8) is 0 Å². The van der Waals surface area contributed by atoms with Gasteiger partial charge < -0.3 is 15.2 Å². The minimum atomic E-state index is -0.367. The Balaban J connectivity index is 2.28. The lowest BCUT2D eigenvalue weighted by molar-refractivity contribution is 0.102. The smallest absolute Gasteiger partial charge is 0.259 e. The summed E-state index contributed by atoms with van der Waals surface area (Å²) in [6.45, 7) is 3.92. The Morgan fingerprint density at radius 1 is 1.20 bits per heavy atom. The number of amides is 1. The van der Waals surface area contributed by atoms with Crippen molar-refractivity contribution in [2.24, 2.45) is 0 Å². The average Bonchev–Trinajstić information content (AvgIpc) is 2.42. The van der Waals surface area contributed by atoms with Crippen molar-refractivity contribution in [1.82, 2.24) is 0 Å². The quantitative estimate of drug-likeness (QED) is 0.900. The van der Waals surface area contributed by atoms with Gasteiger partial charge in [0.05, 0.1) is 12.7 Å². The molecule has 2 aromatic rings. The Morgan fingerprint density at radius 3 is 2.60 bits per heavy atom. The molecular formula is C16H17NO3. The third-order valence-corrected chi connectivity index (χ3v) is 3.09. The van der Waals surface area contributed by atoms with E-state index < -0.39 is 0 Å². The summed E-state index contributed by atoms with van der Waals surface area (Å²) in [5.41, 5.74) is 3.01. The molecule has 0 saturated carbocycles. The maximum atomic E-state index is 12.2. The number of phenols is 1. The molecule has 0 atom stereocenters. The van der Waals surface area contributed by atoms with E-state index in [0.29, 0.717) is 0 Å². The highest BCUT2D eigenvalue weighted by Crippen LogP contribution is 2.30. The maximum Gasteiger partial charge on any atom is 0.259 e. The van der Waals surface area contributed by atoms with Crippen molar-refractivity contribution in [3.05, 3.63) is 53.1 Å². The Bertz CT molecular complexity index is 650. The van der Waals surface area contributed by atoms with Crippen molar-refractivity contribution < 1.29 is 14.6 Å². The second-order valence-electron chi connectivity index (χ2n) is 4.63. The van der Waals surface area contributed by atoms with E-state index in [-0.39, 0.29) is 23.0 Å². The fraction of sp³-hybridized carbons (Fsp3) is 0.188. The molecule has 0 heterocycles. The van der Waals surface area contributed by atoms with Crippen LogP contribution in [0.3, 0.4) is 0 Å². The first-order chi connectivity index (χ1) is 9.52. The predicted molar refractivity (Wildman–Crippen MR) is 78.5 cm³/mol. The lowest BCUT2D eigenvalue weighted by atomic mass is 10.1. The van der Waals surface area contributed by atoms with Gasteiger partial charge in [-0.2, -0.15) is 0 Å². The summed E-state index contributed by atoms with van der Waals surface area (Å²) < 4.78 is 5.00. The fourth-order valence-electron chi connectivity index (χ4n) is 2.01.